The molecule has 1 aliphatic heterocycles. The van der Waals surface area contributed by atoms with Gasteiger partial charge in [-0.1, -0.05) is 25.1 Å². The number of H-pyrrole nitrogens is 1. The number of rotatable bonds is 11. The van der Waals surface area contributed by atoms with Crippen LogP contribution in [0.15, 0.2) is 52.2 Å². The van der Waals surface area contributed by atoms with Gasteiger partial charge in [0.05, 0.1) is 6.61 Å². The van der Waals surface area contributed by atoms with Crippen molar-refractivity contribution in [3.8, 4) is 5.75 Å². The maximum Gasteiger partial charge on any atom is 0.459 e. The molecule has 1 aromatic heterocycles. The molecule has 1 fully saturated rings. The van der Waals surface area contributed by atoms with Gasteiger partial charge >= 0.3 is 19.4 Å². The topological polar surface area (TPSA) is 158 Å². The molecule has 0 bridgehead atoms. The summed E-state index contributed by atoms with van der Waals surface area (Å²) in [4.78, 5) is 37.9. The monoisotopic (exact) mass is 655 g/mol. The maximum atomic E-state index is 15.5. The van der Waals surface area contributed by atoms with Crippen molar-refractivity contribution in [3.05, 3.63) is 63.4 Å². The average molecular weight is 655 g/mol. The van der Waals surface area contributed by atoms with Crippen molar-refractivity contribution < 1.29 is 37.4 Å². The Morgan fingerprint density at radius 2 is 2.03 bits per heavy atom. The molecule has 3 rings (SSSR count). The summed E-state index contributed by atoms with van der Waals surface area (Å²) in [6.45, 7) is 3.61. The quantitative estimate of drug-likeness (QED) is 0.142. The molecular weight excluding hydrogens is 627 g/mol. The Bertz CT molecular complexity index is 1240. The highest BCUT2D eigenvalue weighted by Gasteiger charge is 2.55. The second kappa shape index (κ2) is 12.2. The van der Waals surface area contributed by atoms with Crippen LogP contribution in [0, 0.1) is 0 Å². The third kappa shape index (κ3) is 7.27. The molecule has 7 atom stereocenters. The van der Waals surface area contributed by atoms with Gasteiger partial charge < -0.3 is 19.1 Å². The van der Waals surface area contributed by atoms with Gasteiger partial charge in [-0.25, -0.2) is 13.8 Å². The van der Waals surface area contributed by atoms with Crippen LogP contribution in [0.2, 0.25) is 0 Å². The highest BCUT2D eigenvalue weighted by atomic mass is 127. The minimum Gasteiger partial charge on any atom is -0.451 e. The number of aliphatic hydroxyl groups excluding tert-OH is 1. The molecule has 15 heteroatoms. The predicted molar refractivity (Wildman–Crippen MR) is 138 cm³/mol. The summed E-state index contributed by atoms with van der Waals surface area (Å²) in [5.41, 5.74) is -4.12. The first-order valence-corrected chi connectivity index (χ1v) is 14.1. The van der Waals surface area contributed by atoms with E-state index in [1.807, 2.05) is 34.5 Å². The number of esters is 1. The van der Waals surface area contributed by atoms with Gasteiger partial charge in [0.25, 0.3) is 5.56 Å². The molecular formula is C22H28FIN3O9P. The van der Waals surface area contributed by atoms with Gasteiger partial charge in [0.2, 0.25) is 0 Å². The molecule has 1 saturated heterocycles. The van der Waals surface area contributed by atoms with E-state index in [2.05, 4.69) is 5.09 Å². The number of ether oxygens (including phenoxy) is 2. The van der Waals surface area contributed by atoms with Crippen LogP contribution in [0.4, 0.5) is 4.39 Å². The van der Waals surface area contributed by atoms with Crippen molar-refractivity contribution in [1.82, 2.24) is 14.6 Å². The van der Waals surface area contributed by atoms with Crippen molar-refractivity contribution in [3.63, 3.8) is 0 Å². The van der Waals surface area contributed by atoms with Gasteiger partial charge in [-0.15, -0.1) is 0 Å². The Morgan fingerprint density at radius 1 is 1.35 bits per heavy atom. The third-order valence-electron chi connectivity index (χ3n) is 5.47. The fourth-order valence-corrected chi connectivity index (χ4v) is 5.20. The lowest BCUT2D eigenvalue weighted by molar-refractivity contribution is -0.146. The Balaban J connectivity index is 1.79. The molecule has 1 aliphatic rings. The van der Waals surface area contributed by atoms with E-state index < -0.39 is 65.8 Å². The smallest absolute Gasteiger partial charge is 0.451 e. The lowest BCUT2D eigenvalue weighted by atomic mass is 9.98. The first kappa shape index (κ1) is 29.5. The molecule has 2 heterocycles. The number of benzene rings is 1. The molecule has 0 spiro atoms. The number of aliphatic hydroxyl groups is 1. The van der Waals surface area contributed by atoms with E-state index >= 15 is 4.39 Å². The van der Waals surface area contributed by atoms with E-state index in [4.69, 9.17) is 18.5 Å². The summed E-state index contributed by atoms with van der Waals surface area (Å²) in [7, 11) is -4.31. The average Bonchev–Trinajstić information content (AvgIpc) is 3.06. The molecule has 3 N–H and O–H groups in total. The Hall–Kier alpha value is -2.10. The number of nitrogens with zero attached hydrogens (tertiary/aromatic N) is 1. The summed E-state index contributed by atoms with van der Waals surface area (Å²) in [5.74, 6) is -0.548. The zero-order chi connectivity index (χ0) is 27.4. The molecule has 0 radical (unpaired) electrons. The number of aromatic amines is 1. The summed E-state index contributed by atoms with van der Waals surface area (Å²) in [6.07, 6.45) is -3.23. The van der Waals surface area contributed by atoms with Crippen LogP contribution in [0.25, 0.3) is 0 Å². The Kier molecular flexibility index (Phi) is 9.69. The van der Waals surface area contributed by atoms with Crippen molar-refractivity contribution in [2.75, 3.05) is 6.61 Å². The van der Waals surface area contributed by atoms with Gasteiger partial charge in [0.1, 0.15) is 24.0 Å². The minimum atomic E-state index is -4.31. The van der Waals surface area contributed by atoms with Crippen LogP contribution >= 0.6 is 30.3 Å². The first-order valence-electron chi connectivity index (χ1n) is 11.3. The largest absolute Gasteiger partial charge is 0.459 e. The fraction of sp³-hybridized carbons (Fsp3) is 0.500. The van der Waals surface area contributed by atoms with Gasteiger partial charge in [0.15, 0.2) is 16.0 Å². The van der Waals surface area contributed by atoms with E-state index in [-0.39, 0.29) is 5.75 Å². The van der Waals surface area contributed by atoms with E-state index in [0.717, 1.165) is 23.8 Å². The molecule has 12 nitrogen and oxygen atoms in total. The molecule has 2 aromatic rings. The lowest BCUT2D eigenvalue weighted by Gasteiger charge is -2.25. The molecule has 0 aliphatic carbocycles. The SMILES string of the molecule is CCC(I)OC(=O)[C@H](C)NP(=O)(OC[C@H]1O[C@@H](n2ccc(=O)[nH]c2=O)[C@](C)(F)[C@@H]1O)Oc1ccccc1. The van der Waals surface area contributed by atoms with Crippen molar-refractivity contribution in [2.45, 2.75) is 61.4 Å². The van der Waals surface area contributed by atoms with Gasteiger partial charge in [-0.2, -0.15) is 5.09 Å². The number of alkyl halides is 2. The van der Waals surface area contributed by atoms with Gasteiger partial charge in [-0.3, -0.25) is 23.7 Å². The normalized spacial score (nSPS) is 26.7. The predicted octanol–water partition coefficient (Wildman–Crippen LogP) is 2.42. The Labute approximate surface area is 225 Å². The number of nitrogens with one attached hydrogen (secondary N) is 2. The molecule has 0 saturated carbocycles. The van der Waals surface area contributed by atoms with Gasteiger partial charge in [0, 0.05) is 12.3 Å². The minimum absolute atomic E-state index is 0.153. The number of carbonyl (C=O) groups excluding carboxylic acids is 1. The summed E-state index contributed by atoms with van der Waals surface area (Å²) in [5, 5.41) is 13.1. The number of hydrogen-bond donors (Lipinski definition) is 3. The van der Waals surface area contributed by atoms with Crippen molar-refractivity contribution >= 4 is 36.3 Å². The van der Waals surface area contributed by atoms with Gasteiger partial charge in [-0.05, 0) is 55.0 Å². The number of aromatic nitrogens is 2. The maximum absolute atomic E-state index is 15.5. The zero-order valence-corrected chi connectivity index (χ0v) is 23.3. The molecule has 2 unspecified atom stereocenters. The van der Waals surface area contributed by atoms with Crippen LogP contribution in [0.3, 0.4) is 0 Å². The lowest BCUT2D eigenvalue weighted by Crippen LogP contribution is -2.43. The molecule has 1 aromatic carbocycles. The molecule has 37 heavy (non-hydrogen) atoms. The Morgan fingerprint density at radius 3 is 2.65 bits per heavy atom. The second-order valence-electron chi connectivity index (χ2n) is 8.44. The number of hydrogen-bond acceptors (Lipinski definition) is 9. The summed E-state index contributed by atoms with van der Waals surface area (Å²) in [6, 6.07) is 7.87. The molecule has 0 amide bonds. The number of para-hydroxylation sites is 1. The highest BCUT2D eigenvalue weighted by molar-refractivity contribution is 14.1. The summed E-state index contributed by atoms with van der Waals surface area (Å²) >= 11 is 1.94. The number of carbonyl (C=O) groups is 1. The first-order chi connectivity index (χ1) is 17.4. The van der Waals surface area contributed by atoms with Crippen LogP contribution < -0.4 is 20.9 Å². The van der Waals surface area contributed by atoms with Crippen molar-refractivity contribution in [1.29, 1.82) is 0 Å². The van der Waals surface area contributed by atoms with Crippen LogP contribution in [0.5, 0.6) is 5.75 Å². The van der Waals surface area contributed by atoms with E-state index in [0.29, 0.717) is 6.42 Å². The molecule has 204 valence electrons. The summed E-state index contributed by atoms with van der Waals surface area (Å²) < 4.78 is 51.3. The third-order valence-corrected chi connectivity index (χ3v) is 8.25. The fourth-order valence-electron chi connectivity index (χ4n) is 3.45. The van der Waals surface area contributed by atoms with E-state index in [1.165, 1.54) is 19.1 Å². The highest BCUT2D eigenvalue weighted by Crippen LogP contribution is 2.47. The van der Waals surface area contributed by atoms with Crippen LogP contribution in [0.1, 0.15) is 33.4 Å². The zero-order valence-electron chi connectivity index (χ0n) is 20.2. The van der Waals surface area contributed by atoms with Crippen LogP contribution in [-0.4, -0.2) is 55.3 Å². The second-order valence-corrected chi connectivity index (χ2v) is 11.5. The van der Waals surface area contributed by atoms with E-state index in [1.54, 1.807) is 18.2 Å². The number of halogens is 2. The standard InChI is InChI=1S/C22H28FIN3O9P/c1-4-16(24)35-19(30)13(2)26-37(32,36-14-8-6-5-7-9-14)33-12-15-18(29)22(3,23)20(34-15)27-11-10-17(28)25-21(27)31/h5-11,13,15-16,18,20,29H,4,12H2,1-3H3,(H,26,32)(H,25,28,31)/t13-,15+,16?,18+,20+,22+,37?/m0/s1. The van der Waals surface area contributed by atoms with Crippen molar-refractivity contribution in [2.24, 2.45) is 0 Å². The van der Waals surface area contributed by atoms with E-state index in [9.17, 15) is 24.1 Å². The van der Waals surface area contributed by atoms with Crippen LogP contribution in [-0.2, 0) is 23.4 Å².